The van der Waals surface area contributed by atoms with Crippen molar-refractivity contribution in [1.82, 2.24) is 10.2 Å². The van der Waals surface area contributed by atoms with Gasteiger partial charge in [-0.2, -0.15) is 0 Å². The number of carbonyl (C=O) groups excluding carboxylic acids is 4. The number of esters is 2. The van der Waals surface area contributed by atoms with Crippen LogP contribution in [0, 0.1) is 0 Å². The van der Waals surface area contributed by atoms with Gasteiger partial charge in [-0.3, -0.25) is 13.8 Å². The van der Waals surface area contributed by atoms with Gasteiger partial charge in [0.15, 0.2) is 0 Å². The van der Waals surface area contributed by atoms with E-state index in [0.29, 0.717) is 45.7 Å². The number of nitrogens with one attached hydrogen (secondary N) is 1. The lowest BCUT2D eigenvalue weighted by molar-refractivity contribution is -0.187. The van der Waals surface area contributed by atoms with Crippen LogP contribution in [0.2, 0.25) is 10.0 Å². The molecule has 0 bridgehead atoms. The summed E-state index contributed by atoms with van der Waals surface area (Å²) in [4.78, 5) is 53.9. The highest BCUT2D eigenvalue weighted by Crippen LogP contribution is 2.35. The number of furan rings is 1. The predicted molar refractivity (Wildman–Crippen MR) is 174 cm³/mol. The summed E-state index contributed by atoms with van der Waals surface area (Å²) in [6.45, 7) is 0.913. The van der Waals surface area contributed by atoms with Gasteiger partial charge in [0.05, 0.1) is 21.9 Å². The number of fused-ring (bicyclic) bond motifs is 2. The van der Waals surface area contributed by atoms with Gasteiger partial charge in [-0.1, -0.05) is 41.4 Å². The number of halogens is 2. The van der Waals surface area contributed by atoms with Gasteiger partial charge in [-0.05, 0) is 59.5 Å². The zero-order chi connectivity index (χ0) is 33.8. The quantitative estimate of drug-likeness (QED) is 0.181. The Labute approximate surface area is 282 Å². The van der Waals surface area contributed by atoms with E-state index in [1.807, 2.05) is 12.1 Å². The van der Waals surface area contributed by atoms with E-state index in [-0.39, 0.29) is 34.5 Å². The van der Waals surface area contributed by atoms with Crippen LogP contribution in [0.3, 0.4) is 0 Å². The van der Waals surface area contributed by atoms with E-state index in [2.05, 4.69) is 5.32 Å². The second-order valence-corrected chi connectivity index (χ2v) is 13.0. The molecule has 2 unspecified atom stereocenters. The van der Waals surface area contributed by atoms with Crippen molar-refractivity contribution in [3.63, 3.8) is 0 Å². The zero-order valence-corrected chi connectivity index (χ0v) is 27.6. The zero-order valence-electron chi connectivity index (χ0n) is 25.3. The Morgan fingerprint density at radius 2 is 1.87 bits per heavy atom. The number of nitrogens with zero attached hydrogens (tertiary/aromatic N) is 1. The first-order chi connectivity index (χ1) is 22.4. The highest BCUT2D eigenvalue weighted by Gasteiger charge is 2.31. The number of hydrogen-bond donors (Lipinski definition) is 2. The fourth-order valence-electron chi connectivity index (χ4n) is 5.31. The average molecular weight is 702 g/mol. The van der Waals surface area contributed by atoms with E-state index < -0.39 is 47.6 Å². The number of aliphatic hydroxyl groups is 1. The Morgan fingerprint density at radius 3 is 2.62 bits per heavy atom. The Bertz CT molecular complexity index is 1890. The molecule has 4 aromatic rings. The summed E-state index contributed by atoms with van der Waals surface area (Å²) < 4.78 is 27.5. The van der Waals surface area contributed by atoms with E-state index in [0.717, 1.165) is 5.39 Å². The monoisotopic (exact) mass is 700 g/mol. The first-order valence-corrected chi connectivity index (χ1v) is 16.8. The summed E-state index contributed by atoms with van der Waals surface area (Å²) in [6.07, 6.45) is 1.98. The molecule has 0 fully saturated rings. The third kappa shape index (κ3) is 7.84. The molecule has 1 aromatic heterocycles. The first-order valence-electron chi connectivity index (χ1n) is 14.5. The second kappa shape index (κ2) is 14.7. The number of benzene rings is 3. The van der Waals surface area contributed by atoms with E-state index >= 15 is 0 Å². The van der Waals surface area contributed by atoms with Crippen LogP contribution >= 0.6 is 23.2 Å². The maximum atomic E-state index is 13.7. The van der Waals surface area contributed by atoms with Crippen LogP contribution in [0.25, 0.3) is 11.0 Å². The van der Waals surface area contributed by atoms with Gasteiger partial charge in [0.1, 0.15) is 18.2 Å². The van der Waals surface area contributed by atoms with Crippen molar-refractivity contribution in [3.05, 3.63) is 98.7 Å². The largest absolute Gasteiger partial charge is 0.464 e. The minimum atomic E-state index is -1.36. The minimum Gasteiger partial charge on any atom is -0.464 e. The molecule has 3 aromatic carbocycles. The van der Waals surface area contributed by atoms with Crippen LogP contribution in [0.5, 0.6) is 0 Å². The van der Waals surface area contributed by atoms with Crippen molar-refractivity contribution >= 4 is 68.7 Å². The van der Waals surface area contributed by atoms with Crippen LogP contribution < -0.4 is 5.32 Å². The maximum absolute atomic E-state index is 13.7. The number of rotatable bonds is 10. The summed E-state index contributed by atoms with van der Waals surface area (Å²) in [5, 5.41) is 12.6. The molecule has 0 aliphatic carbocycles. The third-order valence-electron chi connectivity index (χ3n) is 7.59. The summed E-state index contributed by atoms with van der Waals surface area (Å²) in [5.74, 6) is -2.90. The van der Waals surface area contributed by atoms with Crippen molar-refractivity contribution < 1.29 is 42.4 Å². The molecule has 2 amide bonds. The number of amides is 2. The standard InChI is InChI=1S/C33H30Cl2N2O9S/c1-18(45-28(39)17-38)46-33(42)26(13-19-4-3-5-23(12-19)47(2)43)36-31(40)29-25(34)14-22-16-37(10-8-24(22)30(29)35)32(41)21-7-6-20-9-11-44-27(20)15-21/h3-7,9,11-12,14-15,18,26,38H,8,10,13,16-17H2,1-2H3,(H,36,40)/t18?,26-,47?/m0/s1. The third-order valence-corrected chi connectivity index (χ3v) is 9.22. The van der Waals surface area contributed by atoms with Crippen LogP contribution in [0.15, 0.2) is 70.2 Å². The molecule has 2 heterocycles. The van der Waals surface area contributed by atoms with Gasteiger partial charge in [0.2, 0.25) is 6.29 Å². The summed E-state index contributed by atoms with van der Waals surface area (Å²) >= 11 is 13.4. The van der Waals surface area contributed by atoms with Crippen LogP contribution in [-0.4, -0.2) is 69.7 Å². The van der Waals surface area contributed by atoms with Crippen LogP contribution in [0.1, 0.15) is 44.3 Å². The Kier molecular flexibility index (Phi) is 10.7. The van der Waals surface area contributed by atoms with Crippen LogP contribution in [-0.2, 0) is 49.2 Å². The predicted octanol–water partition coefficient (Wildman–Crippen LogP) is 4.44. The van der Waals surface area contributed by atoms with Gasteiger partial charge in [0, 0.05) is 59.3 Å². The highest BCUT2D eigenvalue weighted by atomic mass is 35.5. The maximum Gasteiger partial charge on any atom is 0.334 e. The lowest BCUT2D eigenvalue weighted by Gasteiger charge is -2.30. The van der Waals surface area contributed by atoms with Gasteiger partial charge >= 0.3 is 11.9 Å². The van der Waals surface area contributed by atoms with Crippen molar-refractivity contribution in [1.29, 1.82) is 0 Å². The van der Waals surface area contributed by atoms with Crippen molar-refractivity contribution in [2.45, 2.75) is 43.5 Å². The van der Waals surface area contributed by atoms with Gasteiger partial charge < -0.3 is 29.2 Å². The molecule has 0 spiro atoms. The molecule has 11 nitrogen and oxygen atoms in total. The normalized spacial score (nSPS) is 14.5. The fraction of sp³-hybridized carbons (Fsp3) is 0.273. The Balaban J connectivity index is 1.37. The van der Waals surface area contributed by atoms with Crippen LogP contribution in [0.4, 0.5) is 0 Å². The molecule has 47 heavy (non-hydrogen) atoms. The number of ether oxygens (including phenoxy) is 2. The average Bonchev–Trinajstić information content (AvgIpc) is 3.52. The van der Waals surface area contributed by atoms with E-state index in [1.165, 1.54) is 13.2 Å². The molecule has 14 heteroatoms. The second-order valence-electron chi connectivity index (χ2n) is 10.8. The molecule has 0 saturated carbocycles. The number of carbonyl (C=O) groups is 4. The Hall–Kier alpha value is -4.23. The van der Waals surface area contributed by atoms with E-state index in [9.17, 15) is 23.4 Å². The van der Waals surface area contributed by atoms with E-state index in [4.69, 9.17) is 42.2 Å². The first kappa shape index (κ1) is 34.1. The van der Waals surface area contributed by atoms with Gasteiger partial charge in [-0.25, -0.2) is 9.59 Å². The summed E-state index contributed by atoms with van der Waals surface area (Å²) in [7, 11) is -1.30. The molecule has 3 atom stereocenters. The lowest BCUT2D eigenvalue weighted by Crippen LogP contribution is -2.45. The molecule has 0 radical (unpaired) electrons. The minimum absolute atomic E-state index is 0.0123. The molecular formula is C33H30Cl2N2O9S. The van der Waals surface area contributed by atoms with Crippen molar-refractivity contribution in [2.24, 2.45) is 0 Å². The SMILES string of the molecule is CC(OC(=O)CO)OC(=O)[C@H](Cc1cccc(S(C)=O)c1)NC(=O)c1c(Cl)cc2c(c1Cl)CCN(C(=O)c1ccc3ccoc3c1)C2. The Morgan fingerprint density at radius 1 is 1.09 bits per heavy atom. The highest BCUT2D eigenvalue weighted by molar-refractivity contribution is 7.84. The summed E-state index contributed by atoms with van der Waals surface area (Å²) in [5.41, 5.74) is 2.90. The molecule has 0 saturated heterocycles. The fourth-order valence-corrected chi connectivity index (χ4v) is 6.66. The van der Waals surface area contributed by atoms with Gasteiger partial charge in [-0.15, -0.1) is 0 Å². The topological polar surface area (TPSA) is 152 Å². The van der Waals surface area contributed by atoms with Gasteiger partial charge in [0.25, 0.3) is 11.8 Å². The van der Waals surface area contributed by atoms with Crippen molar-refractivity contribution in [2.75, 3.05) is 19.4 Å². The molecular weight excluding hydrogens is 671 g/mol. The number of aliphatic hydroxyl groups excluding tert-OH is 1. The molecule has 1 aliphatic heterocycles. The molecule has 2 N–H and O–H groups in total. The summed E-state index contributed by atoms with van der Waals surface area (Å²) in [6, 6.07) is 14.0. The smallest absolute Gasteiger partial charge is 0.334 e. The molecule has 246 valence electrons. The lowest BCUT2D eigenvalue weighted by atomic mass is 9.95. The molecule has 1 aliphatic rings. The number of hydrogen-bond acceptors (Lipinski definition) is 9. The molecule has 5 rings (SSSR count). The van der Waals surface area contributed by atoms with Crippen molar-refractivity contribution in [3.8, 4) is 0 Å². The van der Waals surface area contributed by atoms with E-state index in [1.54, 1.807) is 53.6 Å².